The number of hydrazone groups is 1. The number of nitrogens with one attached hydrogen (secondary N) is 1. The lowest BCUT2D eigenvalue weighted by molar-refractivity contribution is 0.0954. The van der Waals surface area contributed by atoms with Crippen molar-refractivity contribution in [2.24, 2.45) is 5.10 Å². The number of amides is 1. The topological polar surface area (TPSA) is 50.7 Å². The summed E-state index contributed by atoms with van der Waals surface area (Å²) in [5, 5.41) is 4.14. The summed E-state index contributed by atoms with van der Waals surface area (Å²) in [4.78, 5) is 11.9. The number of ether oxygens (including phenoxy) is 1. The van der Waals surface area contributed by atoms with Gasteiger partial charge in [-0.3, -0.25) is 4.79 Å². The normalized spacial score (nSPS) is 14.0. The second-order valence-electron chi connectivity index (χ2n) is 4.45. The van der Waals surface area contributed by atoms with E-state index in [1.54, 1.807) is 30.3 Å². The molecule has 0 atom stereocenters. The molecule has 1 amide bonds. The zero-order valence-electron chi connectivity index (χ0n) is 10.9. The van der Waals surface area contributed by atoms with Crippen molar-refractivity contribution in [3.63, 3.8) is 0 Å². The minimum atomic E-state index is -0.185. The van der Waals surface area contributed by atoms with Crippen molar-refractivity contribution in [2.75, 3.05) is 6.61 Å². The first-order valence-corrected chi connectivity index (χ1v) is 6.49. The third-order valence-corrected chi connectivity index (χ3v) is 2.98. The summed E-state index contributed by atoms with van der Waals surface area (Å²) >= 11 is 0. The molecule has 0 unspecified atom stereocenters. The van der Waals surface area contributed by atoms with Gasteiger partial charge in [-0.05, 0) is 49.9 Å². The van der Waals surface area contributed by atoms with E-state index in [0.717, 1.165) is 24.3 Å². The maximum Gasteiger partial charge on any atom is 0.271 e. The van der Waals surface area contributed by atoms with Gasteiger partial charge in [-0.25, -0.2) is 5.43 Å². The molecule has 0 spiro atoms. The fourth-order valence-electron chi connectivity index (χ4n) is 1.95. The molecule has 1 aromatic rings. The fraction of sp³-hybridized carbons (Fsp3) is 0.333. The monoisotopic (exact) mass is 258 g/mol. The van der Waals surface area contributed by atoms with Crippen LogP contribution in [-0.4, -0.2) is 18.2 Å². The average molecular weight is 258 g/mol. The highest BCUT2D eigenvalue weighted by molar-refractivity contribution is 5.95. The van der Waals surface area contributed by atoms with Gasteiger partial charge in [0.1, 0.15) is 12.4 Å². The van der Waals surface area contributed by atoms with Crippen LogP contribution in [0.2, 0.25) is 0 Å². The van der Waals surface area contributed by atoms with Gasteiger partial charge in [0, 0.05) is 11.3 Å². The number of hydrogen-bond acceptors (Lipinski definition) is 3. The van der Waals surface area contributed by atoms with Gasteiger partial charge in [0.05, 0.1) is 0 Å². The largest absolute Gasteiger partial charge is 0.490 e. The second kappa shape index (κ2) is 6.73. The molecule has 4 heteroatoms. The molecule has 1 saturated carbocycles. The van der Waals surface area contributed by atoms with Gasteiger partial charge in [0.25, 0.3) is 5.91 Å². The SMILES string of the molecule is C=CCOc1ccc(C(=O)NN=C2CCCC2)cc1. The van der Waals surface area contributed by atoms with Crippen LogP contribution in [0.3, 0.4) is 0 Å². The van der Waals surface area contributed by atoms with E-state index < -0.39 is 0 Å². The smallest absolute Gasteiger partial charge is 0.271 e. The minimum Gasteiger partial charge on any atom is -0.490 e. The van der Waals surface area contributed by atoms with Gasteiger partial charge in [0.15, 0.2) is 0 Å². The average Bonchev–Trinajstić information content (AvgIpc) is 2.96. The van der Waals surface area contributed by atoms with Crippen LogP contribution in [0, 0.1) is 0 Å². The van der Waals surface area contributed by atoms with Crippen LogP contribution in [0.5, 0.6) is 5.75 Å². The second-order valence-corrected chi connectivity index (χ2v) is 4.45. The lowest BCUT2D eigenvalue weighted by Gasteiger charge is -2.04. The van der Waals surface area contributed by atoms with Crippen LogP contribution >= 0.6 is 0 Å². The zero-order valence-corrected chi connectivity index (χ0v) is 10.9. The Morgan fingerprint density at radius 1 is 1.32 bits per heavy atom. The number of rotatable bonds is 5. The Morgan fingerprint density at radius 3 is 2.63 bits per heavy atom. The number of nitrogens with zero attached hydrogens (tertiary/aromatic N) is 1. The van der Waals surface area contributed by atoms with E-state index >= 15 is 0 Å². The van der Waals surface area contributed by atoms with Crippen molar-refractivity contribution >= 4 is 11.6 Å². The van der Waals surface area contributed by atoms with Crippen LogP contribution in [0.4, 0.5) is 0 Å². The molecule has 0 radical (unpaired) electrons. The highest BCUT2D eigenvalue weighted by atomic mass is 16.5. The van der Waals surface area contributed by atoms with Crippen molar-refractivity contribution in [3.8, 4) is 5.75 Å². The van der Waals surface area contributed by atoms with Crippen molar-refractivity contribution in [1.82, 2.24) is 5.43 Å². The Labute approximate surface area is 113 Å². The molecule has 1 fully saturated rings. The van der Waals surface area contributed by atoms with Gasteiger partial charge in [-0.1, -0.05) is 12.7 Å². The summed E-state index contributed by atoms with van der Waals surface area (Å²) < 4.78 is 5.35. The first-order valence-electron chi connectivity index (χ1n) is 6.49. The molecular formula is C15H18N2O2. The molecule has 0 saturated heterocycles. The fourth-order valence-corrected chi connectivity index (χ4v) is 1.95. The van der Waals surface area contributed by atoms with E-state index in [0.29, 0.717) is 12.2 Å². The highest BCUT2D eigenvalue weighted by Gasteiger charge is 2.09. The van der Waals surface area contributed by atoms with Crippen LogP contribution in [0.15, 0.2) is 42.0 Å². The van der Waals surface area contributed by atoms with Crippen molar-refractivity contribution < 1.29 is 9.53 Å². The molecule has 0 heterocycles. The molecule has 1 aromatic carbocycles. The Hall–Kier alpha value is -2.10. The van der Waals surface area contributed by atoms with Gasteiger partial charge in [-0.2, -0.15) is 5.10 Å². The van der Waals surface area contributed by atoms with Gasteiger partial charge in [0.2, 0.25) is 0 Å². The van der Waals surface area contributed by atoms with Crippen LogP contribution in [0.1, 0.15) is 36.0 Å². The van der Waals surface area contributed by atoms with Crippen LogP contribution in [-0.2, 0) is 0 Å². The van der Waals surface area contributed by atoms with Gasteiger partial charge in [-0.15, -0.1) is 0 Å². The molecule has 2 rings (SSSR count). The maximum atomic E-state index is 11.9. The van der Waals surface area contributed by atoms with E-state index in [1.807, 2.05) is 0 Å². The van der Waals surface area contributed by atoms with Gasteiger partial charge >= 0.3 is 0 Å². The molecule has 4 nitrogen and oxygen atoms in total. The van der Waals surface area contributed by atoms with E-state index in [9.17, 15) is 4.79 Å². The number of benzene rings is 1. The molecule has 0 aromatic heterocycles. The molecule has 100 valence electrons. The number of hydrogen-bond donors (Lipinski definition) is 1. The predicted molar refractivity (Wildman–Crippen MR) is 75.5 cm³/mol. The molecule has 0 aliphatic heterocycles. The summed E-state index contributed by atoms with van der Waals surface area (Å²) in [5.74, 6) is 0.535. The zero-order chi connectivity index (χ0) is 13.5. The van der Waals surface area contributed by atoms with Crippen LogP contribution in [0.25, 0.3) is 0 Å². The summed E-state index contributed by atoms with van der Waals surface area (Å²) in [6, 6.07) is 6.98. The molecule has 1 N–H and O–H groups in total. The van der Waals surface area contributed by atoms with Crippen molar-refractivity contribution in [2.45, 2.75) is 25.7 Å². The molecule has 0 bridgehead atoms. The first kappa shape index (κ1) is 13.3. The number of carbonyl (C=O) groups excluding carboxylic acids is 1. The van der Waals surface area contributed by atoms with Crippen molar-refractivity contribution in [3.05, 3.63) is 42.5 Å². The molecule has 1 aliphatic rings. The lowest BCUT2D eigenvalue weighted by Crippen LogP contribution is -2.18. The summed E-state index contributed by atoms with van der Waals surface area (Å²) in [6.07, 6.45) is 6.01. The third-order valence-electron chi connectivity index (χ3n) is 2.98. The minimum absolute atomic E-state index is 0.185. The molecular weight excluding hydrogens is 240 g/mol. The predicted octanol–water partition coefficient (Wildman–Crippen LogP) is 2.91. The summed E-state index contributed by atoms with van der Waals surface area (Å²) in [5.41, 5.74) is 4.26. The highest BCUT2D eigenvalue weighted by Crippen LogP contribution is 2.14. The lowest BCUT2D eigenvalue weighted by atomic mass is 10.2. The Morgan fingerprint density at radius 2 is 2.00 bits per heavy atom. The van der Waals surface area contributed by atoms with Crippen LogP contribution < -0.4 is 10.2 Å². The number of carbonyl (C=O) groups is 1. The van der Waals surface area contributed by atoms with E-state index in [-0.39, 0.29) is 5.91 Å². The summed E-state index contributed by atoms with van der Waals surface area (Å²) in [6.45, 7) is 4.04. The Bertz CT molecular complexity index is 469. The van der Waals surface area contributed by atoms with Gasteiger partial charge < -0.3 is 4.74 Å². The summed E-state index contributed by atoms with van der Waals surface area (Å²) in [7, 11) is 0. The Kier molecular flexibility index (Phi) is 4.72. The quantitative estimate of drug-likeness (QED) is 0.652. The molecule has 1 aliphatic carbocycles. The third kappa shape index (κ3) is 3.95. The van der Waals surface area contributed by atoms with Crippen molar-refractivity contribution in [1.29, 1.82) is 0 Å². The standard InChI is InChI=1S/C15H18N2O2/c1-2-11-19-14-9-7-12(8-10-14)15(18)17-16-13-5-3-4-6-13/h2,7-10H,1,3-6,11H2,(H,17,18). The molecule has 19 heavy (non-hydrogen) atoms. The maximum absolute atomic E-state index is 11.9. The first-order chi connectivity index (χ1) is 9.29. The Balaban J connectivity index is 1.91. The van der Waals surface area contributed by atoms with E-state index in [4.69, 9.17) is 4.74 Å². The van der Waals surface area contributed by atoms with E-state index in [1.165, 1.54) is 12.8 Å². The van der Waals surface area contributed by atoms with E-state index in [2.05, 4.69) is 17.1 Å².